The Kier molecular flexibility index (Phi) is 6.67. The van der Waals surface area contributed by atoms with Gasteiger partial charge in [-0.3, -0.25) is 0 Å². The summed E-state index contributed by atoms with van der Waals surface area (Å²) in [6.07, 6.45) is 4.35. The predicted octanol–water partition coefficient (Wildman–Crippen LogP) is 4.10. The van der Waals surface area contributed by atoms with Crippen LogP contribution < -0.4 is 4.74 Å². The minimum Gasteiger partial charge on any atom is -0.467 e. The number of nitriles is 1. The third kappa shape index (κ3) is 4.84. The van der Waals surface area contributed by atoms with E-state index in [1.54, 1.807) is 31.3 Å². The number of aromatic nitrogens is 1. The van der Waals surface area contributed by atoms with Crippen molar-refractivity contribution in [1.82, 2.24) is 4.57 Å². The molecule has 0 radical (unpaired) electrons. The average molecular weight is 390 g/mol. The van der Waals surface area contributed by atoms with Gasteiger partial charge in [-0.1, -0.05) is 30.3 Å². The number of benzene rings is 2. The van der Waals surface area contributed by atoms with Crippen LogP contribution in [-0.4, -0.2) is 31.0 Å². The van der Waals surface area contributed by atoms with Crippen LogP contribution in [0.2, 0.25) is 0 Å². The van der Waals surface area contributed by atoms with E-state index in [1.807, 2.05) is 41.1 Å². The minimum atomic E-state index is -0.458. The van der Waals surface area contributed by atoms with Crippen LogP contribution in [0.15, 0.2) is 60.9 Å². The molecule has 29 heavy (non-hydrogen) atoms. The average Bonchev–Trinajstić information content (AvgIpc) is 3.15. The number of rotatable bonds is 8. The van der Waals surface area contributed by atoms with Crippen molar-refractivity contribution in [3.8, 4) is 17.5 Å². The summed E-state index contributed by atoms with van der Waals surface area (Å²) in [4.78, 5) is 12.2. The lowest BCUT2D eigenvalue weighted by molar-refractivity contribution is 0.0438. The highest BCUT2D eigenvalue weighted by atomic mass is 16.7. The molecule has 148 valence electrons. The molecule has 0 saturated carbocycles. The van der Waals surface area contributed by atoms with Crippen molar-refractivity contribution >= 4 is 5.97 Å². The molecule has 1 aromatic heterocycles. The van der Waals surface area contributed by atoms with Gasteiger partial charge in [-0.25, -0.2) is 4.79 Å². The first-order valence-corrected chi connectivity index (χ1v) is 9.24. The molecule has 0 aliphatic carbocycles. The van der Waals surface area contributed by atoms with Crippen LogP contribution in [-0.2, 0) is 15.9 Å². The number of esters is 1. The molecule has 0 N–H and O–H groups in total. The van der Waals surface area contributed by atoms with Crippen molar-refractivity contribution in [2.45, 2.75) is 13.3 Å². The molecule has 3 rings (SSSR count). The lowest BCUT2D eigenvalue weighted by Gasteiger charge is -2.12. The lowest BCUT2D eigenvalue weighted by Crippen LogP contribution is -2.10. The number of ether oxygens (including phenoxy) is 3. The van der Waals surface area contributed by atoms with Crippen molar-refractivity contribution in [1.29, 1.82) is 5.26 Å². The molecular weight excluding hydrogens is 368 g/mol. The Bertz CT molecular complexity index is 1020. The molecule has 0 unspecified atom stereocenters. The largest absolute Gasteiger partial charge is 0.467 e. The first-order valence-electron chi connectivity index (χ1n) is 9.24. The highest BCUT2D eigenvalue weighted by Crippen LogP contribution is 2.26. The fourth-order valence-electron chi connectivity index (χ4n) is 2.99. The van der Waals surface area contributed by atoms with E-state index in [9.17, 15) is 10.1 Å². The van der Waals surface area contributed by atoms with Crippen LogP contribution in [0, 0.1) is 11.3 Å². The van der Waals surface area contributed by atoms with Gasteiger partial charge in [-0.15, -0.1) is 0 Å². The number of methoxy groups -OCH3 is 1. The van der Waals surface area contributed by atoms with Crippen LogP contribution >= 0.6 is 0 Å². The van der Waals surface area contributed by atoms with E-state index in [2.05, 4.69) is 6.07 Å². The summed E-state index contributed by atoms with van der Waals surface area (Å²) in [5, 5.41) is 9.54. The molecule has 3 aromatic rings. The van der Waals surface area contributed by atoms with E-state index in [0.717, 1.165) is 16.8 Å². The summed E-state index contributed by atoms with van der Waals surface area (Å²) < 4.78 is 17.5. The molecule has 0 saturated heterocycles. The topological polar surface area (TPSA) is 73.5 Å². The van der Waals surface area contributed by atoms with Crippen molar-refractivity contribution in [3.63, 3.8) is 0 Å². The van der Waals surface area contributed by atoms with Gasteiger partial charge in [0.1, 0.15) is 17.4 Å². The summed E-state index contributed by atoms with van der Waals surface area (Å²) >= 11 is 0. The van der Waals surface area contributed by atoms with Crippen LogP contribution in [0.5, 0.6) is 5.75 Å². The molecule has 0 atom stereocenters. The lowest BCUT2D eigenvalue weighted by atomic mass is 10.1. The zero-order valence-electron chi connectivity index (χ0n) is 16.4. The van der Waals surface area contributed by atoms with Gasteiger partial charge in [0.25, 0.3) is 0 Å². The molecule has 0 aliphatic rings. The summed E-state index contributed by atoms with van der Waals surface area (Å²) in [5.74, 6) is -0.0974. The van der Waals surface area contributed by atoms with E-state index in [1.165, 1.54) is 7.11 Å². The van der Waals surface area contributed by atoms with Gasteiger partial charge in [0.15, 0.2) is 6.79 Å². The van der Waals surface area contributed by atoms with Gasteiger partial charge in [0.2, 0.25) is 0 Å². The van der Waals surface area contributed by atoms with Crippen molar-refractivity contribution in [3.05, 3.63) is 83.2 Å². The van der Waals surface area contributed by atoms with E-state index in [-0.39, 0.29) is 13.4 Å². The maximum absolute atomic E-state index is 12.2. The Morgan fingerprint density at radius 3 is 2.62 bits per heavy atom. The standard InChI is InChI=1S/C23H22N2O4/c1-3-28-23(26)21-10-9-20(12-22(21)29-16-27-2)25-14-18(19(13-24)15-25)11-17-7-5-4-6-8-17/h4-10,12,14-15H,3,11,16H2,1-2H3. The smallest absolute Gasteiger partial charge is 0.341 e. The quantitative estimate of drug-likeness (QED) is 0.428. The summed E-state index contributed by atoms with van der Waals surface area (Å²) in [6.45, 7) is 2.03. The molecule has 6 nitrogen and oxygen atoms in total. The molecule has 1 heterocycles. The number of nitrogens with zero attached hydrogens (tertiary/aromatic N) is 2. The van der Waals surface area contributed by atoms with Gasteiger partial charge in [-0.2, -0.15) is 5.26 Å². The Morgan fingerprint density at radius 1 is 1.14 bits per heavy atom. The third-order valence-electron chi connectivity index (χ3n) is 4.36. The van der Waals surface area contributed by atoms with E-state index in [0.29, 0.717) is 23.3 Å². The maximum atomic E-state index is 12.2. The van der Waals surface area contributed by atoms with Crippen LogP contribution in [0.25, 0.3) is 5.69 Å². The predicted molar refractivity (Wildman–Crippen MR) is 108 cm³/mol. The van der Waals surface area contributed by atoms with Crippen LogP contribution in [0.4, 0.5) is 0 Å². The second-order valence-corrected chi connectivity index (χ2v) is 6.33. The Hall–Kier alpha value is -3.56. The maximum Gasteiger partial charge on any atom is 0.341 e. The highest BCUT2D eigenvalue weighted by molar-refractivity contribution is 5.92. The minimum absolute atomic E-state index is 0.00421. The van der Waals surface area contributed by atoms with Gasteiger partial charge < -0.3 is 18.8 Å². The fraction of sp³-hybridized carbons (Fsp3) is 0.217. The van der Waals surface area contributed by atoms with Gasteiger partial charge in [0.05, 0.1) is 12.2 Å². The SMILES string of the molecule is CCOC(=O)c1ccc(-n2cc(C#N)c(Cc3ccccc3)c2)cc1OCOC. The van der Waals surface area contributed by atoms with Gasteiger partial charge >= 0.3 is 5.97 Å². The summed E-state index contributed by atoms with van der Waals surface area (Å²) in [7, 11) is 1.51. The van der Waals surface area contributed by atoms with E-state index >= 15 is 0 Å². The second kappa shape index (κ2) is 9.58. The molecule has 0 spiro atoms. The molecule has 6 heteroatoms. The number of carbonyl (C=O) groups excluding carboxylic acids is 1. The van der Waals surface area contributed by atoms with Crippen LogP contribution in [0.1, 0.15) is 34.0 Å². The molecule has 0 aliphatic heterocycles. The Labute approximate surface area is 169 Å². The first-order chi connectivity index (χ1) is 14.2. The van der Waals surface area contributed by atoms with Gasteiger partial charge in [-0.05, 0) is 30.2 Å². The Morgan fingerprint density at radius 2 is 1.93 bits per heavy atom. The number of hydrogen-bond acceptors (Lipinski definition) is 5. The third-order valence-corrected chi connectivity index (χ3v) is 4.36. The summed E-state index contributed by atoms with van der Waals surface area (Å²) in [5.41, 5.74) is 3.74. The number of hydrogen-bond donors (Lipinski definition) is 0. The fourth-order valence-corrected chi connectivity index (χ4v) is 2.99. The van der Waals surface area contributed by atoms with Crippen LogP contribution in [0.3, 0.4) is 0 Å². The molecule has 0 bridgehead atoms. The number of carbonyl (C=O) groups is 1. The normalized spacial score (nSPS) is 10.4. The molecule has 0 fully saturated rings. The van der Waals surface area contributed by atoms with Crippen molar-refractivity contribution in [2.24, 2.45) is 0 Å². The molecule has 2 aromatic carbocycles. The molecular formula is C23H22N2O4. The second-order valence-electron chi connectivity index (χ2n) is 6.33. The monoisotopic (exact) mass is 390 g/mol. The zero-order valence-corrected chi connectivity index (χ0v) is 16.4. The summed E-state index contributed by atoms with van der Waals surface area (Å²) in [6, 6.07) is 17.4. The first kappa shape index (κ1) is 20.2. The van der Waals surface area contributed by atoms with E-state index < -0.39 is 5.97 Å². The van der Waals surface area contributed by atoms with Crippen molar-refractivity contribution in [2.75, 3.05) is 20.5 Å². The zero-order chi connectivity index (χ0) is 20.6. The highest BCUT2D eigenvalue weighted by Gasteiger charge is 2.16. The van der Waals surface area contributed by atoms with Crippen molar-refractivity contribution < 1.29 is 19.0 Å². The van der Waals surface area contributed by atoms with Gasteiger partial charge in [0, 0.05) is 37.7 Å². The Balaban J connectivity index is 1.95. The van der Waals surface area contributed by atoms with E-state index in [4.69, 9.17) is 14.2 Å². The molecule has 0 amide bonds.